The van der Waals surface area contributed by atoms with Gasteiger partial charge in [0.05, 0.1) is 11.1 Å². The van der Waals surface area contributed by atoms with Crippen LogP contribution < -0.4 is 4.90 Å². The molecule has 1 amide bonds. The van der Waals surface area contributed by atoms with Gasteiger partial charge in [0.2, 0.25) is 5.91 Å². The minimum absolute atomic E-state index is 0.107. The number of hydrogen-bond acceptors (Lipinski definition) is 3. The second-order valence-corrected chi connectivity index (χ2v) is 8.83. The summed E-state index contributed by atoms with van der Waals surface area (Å²) in [6.07, 6.45) is 9.85. The van der Waals surface area contributed by atoms with E-state index in [0.29, 0.717) is 13.0 Å². The van der Waals surface area contributed by atoms with Crippen molar-refractivity contribution in [1.82, 2.24) is 15.2 Å². The summed E-state index contributed by atoms with van der Waals surface area (Å²) in [4.78, 5) is 19.1. The Morgan fingerprint density at radius 1 is 1.17 bits per heavy atom. The first kappa shape index (κ1) is 17.3. The fourth-order valence-corrected chi connectivity index (χ4v) is 5.93. The van der Waals surface area contributed by atoms with Gasteiger partial charge in [-0.25, -0.2) is 0 Å². The second kappa shape index (κ2) is 6.20. The van der Waals surface area contributed by atoms with Crippen LogP contribution in [0.15, 0.2) is 18.3 Å². The van der Waals surface area contributed by atoms with Crippen molar-refractivity contribution in [3.8, 4) is 11.4 Å². The van der Waals surface area contributed by atoms with E-state index in [2.05, 4.69) is 27.3 Å². The SMILES string of the molecule is O=C1N(CCCO)c2cc3c4c([nH]c3cc2C12CCCC2)-c1n[nH]cc1CCC4. The van der Waals surface area contributed by atoms with Crippen molar-refractivity contribution >= 4 is 22.5 Å². The van der Waals surface area contributed by atoms with Crippen LogP contribution in [0.2, 0.25) is 0 Å². The van der Waals surface area contributed by atoms with Crippen LogP contribution >= 0.6 is 0 Å². The summed E-state index contributed by atoms with van der Waals surface area (Å²) in [7, 11) is 0. The molecule has 0 atom stereocenters. The summed E-state index contributed by atoms with van der Waals surface area (Å²) < 4.78 is 0. The number of nitrogens with one attached hydrogen (secondary N) is 2. The molecule has 1 fully saturated rings. The van der Waals surface area contributed by atoms with Crippen LogP contribution in [0.5, 0.6) is 0 Å². The van der Waals surface area contributed by atoms with Crippen molar-refractivity contribution in [3.05, 3.63) is 35.0 Å². The number of rotatable bonds is 3. The van der Waals surface area contributed by atoms with Gasteiger partial charge in [-0.1, -0.05) is 12.8 Å². The van der Waals surface area contributed by atoms with Gasteiger partial charge in [0, 0.05) is 35.9 Å². The first-order valence-electron chi connectivity index (χ1n) is 10.9. The molecule has 1 aliphatic heterocycles. The molecule has 2 aromatic heterocycles. The van der Waals surface area contributed by atoms with Crippen LogP contribution in [0.4, 0.5) is 5.69 Å². The number of aryl methyl sites for hydroxylation is 2. The first-order chi connectivity index (χ1) is 14.2. The predicted octanol–water partition coefficient (Wildman–Crippen LogP) is 3.59. The Kier molecular flexibility index (Phi) is 3.69. The number of benzene rings is 1. The largest absolute Gasteiger partial charge is 0.396 e. The number of aromatic nitrogens is 3. The van der Waals surface area contributed by atoms with E-state index < -0.39 is 0 Å². The number of amides is 1. The maximum atomic E-state index is 13.5. The van der Waals surface area contributed by atoms with Gasteiger partial charge in [-0.15, -0.1) is 0 Å². The second-order valence-electron chi connectivity index (χ2n) is 8.83. The van der Waals surface area contributed by atoms with Gasteiger partial charge >= 0.3 is 0 Å². The van der Waals surface area contributed by atoms with Gasteiger partial charge < -0.3 is 15.0 Å². The summed E-state index contributed by atoms with van der Waals surface area (Å²) in [5, 5.41) is 18.1. The number of H-pyrrole nitrogens is 2. The van der Waals surface area contributed by atoms with E-state index in [1.807, 2.05) is 11.1 Å². The highest BCUT2D eigenvalue weighted by molar-refractivity contribution is 6.11. The van der Waals surface area contributed by atoms with E-state index in [4.69, 9.17) is 0 Å². The quantitative estimate of drug-likeness (QED) is 0.639. The maximum Gasteiger partial charge on any atom is 0.237 e. The number of carbonyl (C=O) groups is 1. The van der Waals surface area contributed by atoms with Crippen molar-refractivity contribution in [2.45, 2.75) is 56.8 Å². The van der Waals surface area contributed by atoms with Crippen molar-refractivity contribution in [2.75, 3.05) is 18.1 Å². The van der Waals surface area contributed by atoms with Crippen molar-refractivity contribution in [3.63, 3.8) is 0 Å². The third-order valence-corrected chi connectivity index (χ3v) is 7.31. The smallest absolute Gasteiger partial charge is 0.237 e. The number of carbonyl (C=O) groups excluding carboxylic acids is 1. The summed E-state index contributed by atoms with van der Waals surface area (Å²) in [5.74, 6) is 0.242. The lowest BCUT2D eigenvalue weighted by Crippen LogP contribution is -2.39. The van der Waals surface area contributed by atoms with Crippen LogP contribution in [0, 0.1) is 0 Å². The summed E-state index contributed by atoms with van der Waals surface area (Å²) in [5.41, 5.74) is 7.76. The lowest BCUT2D eigenvalue weighted by Gasteiger charge is -2.23. The highest BCUT2D eigenvalue weighted by Crippen LogP contribution is 2.53. The molecular formula is C23H26N4O2. The lowest BCUT2D eigenvalue weighted by atomic mass is 9.80. The zero-order chi connectivity index (χ0) is 19.6. The van der Waals surface area contributed by atoms with Crippen molar-refractivity contribution in [2.24, 2.45) is 0 Å². The number of nitrogens with zero attached hydrogens (tertiary/aromatic N) is 2. The molecule has 3 heterocycles. The number of aliphatic hydroxyl groups excluding tert-OH is 1. The molecule has 150 valence electrons. The molecule has 6 heteroatoms. The Morgan fingerprint density at radius 2 is 2.03 bits per heavy atom. The fraction of sp³-hybridized carbons (Fsp3) is 0.478. The lowest BCUT2D eigenvalue weighted by molar-refractivity contribution is -0.123. The minimum atomic E-state index is -0.362. The first-order valence-corrected chi connectivity index (χ1v) is 10.9. The van der Waals surface area contributed by atoms with Gasteiger partial charge in [0.1, 0.15) is 5.69 Å². The van der Waals surface area contributed by atoms with Crippen LogP contribution in [0.3, 0.4) is 0 Å². The zero-order valence-corrected chi connectivity index (χ0v) is 16.6. The highest BCUT2D eigenvalue weighted by Gasteiger charge is 2.52. The molecule has 0 saturated heterocycles. The Bertz CT molecular complexity index is 1120. The van der Waals surface area contributed by atoms with E-state index in [-0.39, 0.29) is 17.9 Å². The number of fused-ring (bicyclic) bond motifs is 7. The van der Waals surface area contributed by atoms with Crippen LogP contribution in [0.25, 0.3) is 22.3 Å². The fourth-order valence-electron chi connectivity index (χ4n) is 5.93. The van der Waals surface area contributed by atoms with Crippen molar-refractivity contribution < 1.29 is 9.90 Å². The summed E-state index contributed by atoms with van der Waals surface area (Å²) in [6.45, 7) is 0.696. The third kappa shape index (κ3) is 2.26. The molecule has 3 aliphatic rings. The topological polar surface area (TPSA) is 85.0 Å². The molecule has 1 spiro atoms. The number of anilines is 1. The summed E-state index contributed by atoms with van der Waals surface area (Å²) in [6, 6.07) is 4.48. The Balaban J connectivity index is 1.58. The van der Waals surface area contributed by atoms with Crippen LogP contribution in [0.1, 0.15) is 55.2 Å². The standard InChI is InChI=1S/C23H26N4O2/c28-10-4-9-27-19-11-16-15-6-3-5-14-13-24-26-20(14)21(15)25-18(16)12-17(19)23(22(27)29)7-1-2-8-23/h11-13,25,28H,1-10H2,(H,24,26). The predicted molar refractivity (Wildman–Crippen MR) is 112 cm³/mol. The number of aromatic amines is 2. The molecule has 29 heavy (non-hydrogen) atoms. The average molecular weight is 390 g/mol. The van der Waals surface area contributed by atoms with Gasteiger partial charge in [-0.05, 0) is 67.3 Å². The van der Waals surface area contributed by atoms with Crippen molar-refractivity contribution in [1.29, 1.82) is 0 Å². The molecule has 3 aromatic rings. The van der Waals surface area contributed by atoms with Gasteiger partial charge in [0.25, 0.3) is 0 Å². The molecular weight excluding hydrogens is 364 g/mol. The highest BCUT2D eigenvalue weighted by atomic mass is 16.3. The Hall–Kier alpha value is -2.60. The van der Waals surface area contributed by atoms with Gasteiger partial charge in [-0.3, -0.25) is 9.89 Å². The Morgan fingerprint density at radius 3 is 2.86 bits per heavy atom. The van der Waals surface area contributed by atoms with Gasteiger partial charge in [0.15, 0.2) is 0 Å². The van der Waals surface area contributed by atoms with E-state index in [9.17, 15) is 9.90 Å². The normalized spacial score (nSPS) is 19.6. The average Bonchev–Trinajstić information content (AvgIpc) is 3.48. The molecule has 1 aromatic carbocycles. The molecule has 6 nitrogen and oxygen atoms in total. The number of hydrogen-bond donors (Lipinski definition) is 3. The minimum Gasteiger partial charge on any atom is -0.396 e. The molecule has 0 unspecified atom stereocenters. The molecule has 1 saturated carbocycles. The monoisotopic (exact) mass is 390 g/mol. The molecule has 6 rings (SSSR count). The van der Waals surface area contributed by atoms with E-state index in [0.717, 1.165) is 67.5 Å². The molecule has 0 radical (unpaired) electrons. The third-order valence-electron chi connectivity index (χ3n) is 7.31. The van der Waals surface area contributed by atoms with Gasteiger partial charge in [-0.2, -0.15) is 5.10 Å². The van der Waals surface area contributed by atoms with E-state index in [1.54, 1.807) is 0 Å². The Labute approximate surface area is 169 Å². The van der Waals surface area contributed by atoms with Crippen LogP contribution in [-0.2, 0) is 23.1 Å². The summed E-state index contributed by atoms with van der Waals surface area (Å²) >= 11 is 0. The molecule has 0 bridgehead atoms. The van der Waals surface area contributed by atoms with Crippen LogP contribution in [-0.4, -0.2) is 39.3 Å². The number of aliphatic hydroxyl groups is 1. The maximum absolute atomic E-state index is 13.5. The molecule has 2 aliphatic carbocycles. The molecule has 3 N–H and O–H groups in total. The van der Waals surface area contributed by atoms with E-state index in [1.165, 1.54) is 22.1 Å². The van der Waals surface area contributed by atoms with E-state index >= 15 is 0 Å². The zero-order valence-electron chi connectivity index (χ0n) is 16.6.